The van der Waals surface area contributed by atoms with Crippen molar-refractivity contribution < 1.29 is 9.90 Å². The molecule has 0 aliphatic carbocycles. The molecule has 0 spiro atoms. The lowest BCUT2D eigenvalue weighted by Gasteiger charge is -2.37. The number of nitrogens with zero attached hydrogens (tertiary/aromatic N) is 2. The molecule has 1 aliphatic heterocycles. The standard InChI is InChI=1S/C13H19N3O2/c1-9-2-4-11(13(14)18)7-16(9)12-5-3-10(8-17)6-15-12/h3,5-6,9,11,17H,2,4,7-8H2,1H3,(H2,14,18). The summed E-state index contributed by atoms with van der Waals surface area (Å²) in [6, 6.07) is 4.09. The lowest BCUT2D eigenvalue weighted by molar-refractivity contribution is -0.122. The molecular weight excluding hydrogens is 230 g/mol. The van der Waals surface area contributed by atoms with Gasteiger partial charge in [-0.15, -0.1) is 0 Å². The van der Waals surface area contributed by atoms with E-state index in [1.165, 1.54) is 0 Å². The Bertz CT molecular complexity index is 419. The van der Waals surface area contributed by atoms with E-state index in [0.29, 0.717) is 12.6 Å². The highest BCUT2D eigenvalue weighted by Gasteiger charge is 2.29. The summed E-state index contributed by atoms with van der Waals surface area (Å²) < 4.78 is 0. The molecule has 1 saturated heterocycles. The first-order chi connectivity index (χ1) is 8.61. The molecule has 0 radical (unpaired) electrons. The fraction of sp³-hybridized carbons (Fsp3) is 0.538. The number of aliphatic hydroxyl groups is 1. The number of carbonyl (C=O) groups excluding carboxylic acids is 1. The maximum absolute atomic E-state index is 11.3. The van der Waals surface area contributed by atoms with Crippen molar-refractivity contribution in [2.45, 2.75) is 32.4 Å². The zero-order chi connectivity index (χ0) is 13.1. The minimum absolute atomic E-state index is 0.00720. The number of primary amides is 1. The summed E-state index contributed by atoms with van der Waals surface area (Å²) in [5.41, 5.74) is 6.17. The van der Waals surface area contributed by atoms with Gasteiger partial charge < -0.3 is 15.7 Å². The van der Waals surface area contributed by atoms with E-state index in [1.54, 1.807) is 6.20 Å². The quantitative estimate of drug-likeness (QED) is 0.825. The van der Waals surface area contributed by atoms with Gasteiger partial charge in [0, 0.05) is 18.8 Å². The molecule has 5 nitrogen and oxygen atoms in total. The predicted molar refractivity (Wildman–Crippen MR) is 68.9 cm³/mol. The van der Waals surface area contributed by atoms with Crippen LogP contribution in [0, 0.1) is 5.92 Å². The first-order valence-electron chi connectivity index (χ1n) is 6.23. The normalized spacial score (nSPS) is 24.0. The molecule has 2 unspecified atom stereocenters. The van der Waals surface area contributed by atoms with Crippen LogP contribution >= 0.6 is 0 Å². The highest BCUT2D eigenvalue weighted by Crippen LogP contribution is 2.26. The number of hydrogen-bond acceptors (Lipinski definition) is 4. The summed E-state index contributed by atoms with van der Waals surface area (Å²) in [6.45, 7) is 2.74. The predicted octanol–water partition coefficient (Wildman–Crippen LogP) is 0.664. The van der Waals surface area contributed by atoms with Gasteiger partial charge in [0.25, 0.3) is 0 Å². The SMILES string of the molecule is CC1CCC(C(N)=O)CN1c1ccc(CO)cn1. The molecule has 2 heterocycles. The number of nitrogens with two attached hydrogens (primary N) is 1. The first kappa shape index (κ1) is 12.8. The van der Waals surface area contributed by atoms with Crippen LogP contribution < -0.4 is 10.6 Å². The minimum Gasteiger partial charge on any atom is -0.392 e. The van der Waals surface area contributed by atoms with Crippen molar-refractivity contribution in [3.05, 3.63) is 23.9 Å². The van der Waals surface area contributed by atoms with Crippen LogP contribution in [0.3, 0.4) is 0 Å². The molecule has 2 atom stereocenters. The van der Waals surface area contributed by atoms with Gasteiger partial charge in [-0.1, -0.05) is 6.07 Å². The van der Waals surface area contributed by atoms with Gasteiger partial charge in [0.15, 0.2) is 0 Å². The lowest BCUT2D eigenvalue weighted by atomic mass is 9.93. The molecule has 98 valence electrons. The van der Waals surface area contributed by atoms with Crippen LogP contribution in [0.1, 0.15) is 25.3 Å². The van der Waals surface area contributed by atoms with Gasteiger partial charge in [-0.2, -0.15) is 0 Å². The van der Waals surface area contributed by atoms with Gasteiger partial charge in [0.2, 0.25) is 5.91 Å². The smallest absolute Gasteiger partial charge is 0.222 e. The van der Waals surface area contributed by atoms with Gasteiger partial charge >= 0.3 is 0 Å². The molecule has 0 bridgehead atoms. The Balaban J connectivity index is 2.15. The van der Waals surface area contributed by atoms with Crippen molar-refractivity contribution in [1.82, 2.24) is 4.98 Å². The summed E-state index contributed by atoms with van der Waals surface area (Å²) in [4.78, 5) is 17.7. The average molecular weight is 249 g/mol. The van der Waals surface area contributed by atoms with Crippen LogP contribution in [0.25, 0.3) is 0 Å². The van der Waals surface area contributed by atoms with Crippen LogP contribution in [0.5, 0.6) is 0 Å². The second kappa shape index (κ2) is 5.35. The van der Waals surface area contributed by atoms with Gasteiger partial charge in [-0.3, -0.25) is 4.79 Å². The number of anilines is 1. The van der Waals surface area contributed by atoms with E-state index in [-0.39, 0.29) is 18.4 Å². The fourth-order valence-corrected chi connectivity index (χ4v) is 2.34. The largest absolute Gasteiger partial charge is 0.392 e. The van der Waals surface area contributed by atoms with Crippen molar-refractivity contribution in [2.24, 2.45) is 11.7 Å². The monoisotopic (exact) mass is 249 g/mol. The molecule has 0 saturated carbocycles. The van der Waals surface area contributed by atoms with Crippen LogP contribution in [0.15, 0.2) is 18.3 Å². The zero-order valence-electron chi connectivity index (χ0n) is 10.5. The highest BCUT2D eigenvalue weighted by atomic mass is 16.3. The summed E-state index contributed by atoms with van der Waals surface area (Å²) in [7, 11) is 0. The number of pyridine rings is 1. The maximum atomic E-state index is 11.3. The number of aliphatic hydroxyl groups excluding tert-OH is 1. The molecule has 1 aromatic rings. The number of amides is 1. The van der Waals surface area contributed by atoms with E-state index in [9.17, 15) is 4.79 Å². The molecule has 1 aliphatic rings. The van der Waals surface area contributed by atoms with E-state index >= 15 is 0 Å². The van der Waals surface area contributed by atoms with E-state index in [1.807, 2.05) is 12.1 Å². The second-order valence-corrected chi connectivity index (χ2v) is 4.86. The Hall–Kier alpha value is -1.62. The summed E-state index contributed by atoms with van der Waals surface area (Å²) in [6.07, 6.45) is 3.45. The van der Waals surface area contributed by atoms with Gasteiger partial charge in [-0.05, 0) is 31.4 Å². The average Bonchev–Trinajstić information content (AvgIpc) is 2.39. The van der Waals surface area contributed by atoms with Crippen LogP contribution in [0.4, 0.5) is 5.82 Å². The molecule has 1 amide bonds. The molecule has 2 rings (SSSR count). The van der Waals surface area contributed by atoms with Gasteiger partial charge in [-0.25, -0.2) is 4.98 Å². The number of carbonyl (C=O) groups is 1. The molecule has 0 aromatic carbocycles. The Kier molecular flexibility index (Phi) is 3.81. The molecule has 3 N–H and O–H groups in total. The van der Waals surface area contributed by atoms with E-state index in [0.717, 1.165) is 24.2 Å². The van der Waals surface area contributed by atoms with Crippen molar-refractivity contribution in [2.75, 3.05) is 11.4 Å². The molecule has 5 heteroatoms. The molecule has 1 fully saturated rings. The minimum atomic E-state index is -0.237. The van der Waals surface area contributed by atoms with Crippen molar-refractivity contribution in [1.29, 1.82) is 0 Å². The third-order valence-corrected chi connectivity index (χ3v) is 3.57. The summed E-state index contributed by atoms with van der Waals surface area (Å²) in [5, 5.41) is 8.99. The van der Waals surface area contributed by atoms with Gasteiger partial charge in [0.1, 0.15) is 5.82 Å². The third-order valence-electron chi connectivity index (χ3n) is 3.57. The van der Waals surface area contributed by atoms with E-state index in [4.69, 9.17) is 10.8 Å². The molecular formula is C13H19N3O2. The van der Waals surface area contributed by atoms with E-state index in [2.05, 4.69) is 16.8 Å². The summed E-state index contributed by atoms with van der Waals surface area (Å²) in [5.74, 6) is 0.505. The Labute approximate surface area is 107 Å². The highest BCUT2D eigenvalue weighted by molar-refractivity contribution is 5.77. The molecule has 18 heavy (non-hydrogen) atoms. The Morgan fingerprint density at radius 2 is 2.33 bits per heavy atom. The van der Waals surface area contributed by atoms with Crippen molar-refractivity contribution in [3.63, 3.8) is 0 Å². The van der Waals surface area contributed by atoms with Gasteiger partial charge in [0.05, 0.1) is 12.5 Å². The third kappa shape index (κ3) is 2.61. The molecule has 1 aromatic heterocycles. The lowest BCUT2D eigenvalue weighted by Crippen LogP contribution is -2.46. The maximum Gasteiger partial charge on any atom is 0.222 e. The first-order valence-corrected chi connectivity index (χ1v) is 6.23. The number of aromatic nitrogens is 1. The fourth-order valence-electron chi connectivity index (χ4n) is 2.34. The van der Waals surface area contributed by atoms with Crippen molar-refractivity contribution in [3.8, 4) is 0 Å². The number of rotatable bonds is 3. The second-order valence-electron chi connectivity index (χ2n) is 4.86. The van der Waals surface area contributed by atoms with Crippen LogP contribution in [-0.2, 0) is 11.4 Å². The summed E-state index contributed by atoms with van der Waals surface area (Å²) >= 11 is 0. The topological polar surface area (TPSA) is 79.5 Å². The van der Waals surface area contributed by atoms with E-state index < -0.39 is 0 Å². The number of piperidine rings is 1. The Morgan fingerprint density at radius 3 is 2.89 bits per heavy atom. The number of hydrogen-bond donors (Lipinski definition) is 2. The van der Waals surface area contributed by atoms with Crippen LogP contribution in [0.2, 0.25) is 0 Å². The Morgan fingerprint density at radius 1 is 1.56 bits per heavy atom. The van der Waals surface area contributed by atoms with Crippen LogP contribution in [-0.4, -0.2) is 28.6 Å². The van der Waals surface area contributed by atoms with Crippen molar-refractivity contribution >= 4 is 11.7 Å². The zero-order valence-corrected chi connectivity index (χ0v) is 10.5.